The number of aromatic nitrogens is 2. The van der Waals surface area contributed by atoms with E-state index >= 15 is 0 Å². The van der Waals surface area contributed by atoms with E-state index in [1.165, 1.54) is 23.7 Å². The summed E-state index contributed by atoms with van der Waals surface area (Å²) in [7, 11) is 0. The van der Waals surface area contributed by atoms with E-state index in [1.807, 2.05) is 0 Å². The Hall–Kier alpha value is -2.98. The van der Waals surface area contributed by atoms with Crippen molar-refractivity contribution in [2.24, 2.45) is 0 Å². The molecule has 0 saturated carbocycles. The van der Waals surface area contributed by atoms with Gasteiger partial charge in [0.25, 0.3) is 0 Å². The van der Waals surface area contributed by atoms with Crippen molar-refractivity contribution in [2.45, 2.75) is 6.54 Å². The summed E-state index contributed by atoms with van der Waals surface area (Å²) in [4.78, 5) is 10.1. The number of hydrogen-bond acceptors (Lipinski definition) is 10. The molecule has 2 aromatic heterocycles. The van der Waals surface area contributed by atoms with Crippen molar-refractivity contribution in [1.29, 1.82) is 10.8 Å². The highest BCUT2D eigenvalue weighted by atomic mass is 32.1. The smallest absolute Gasteiger partial charge is 0.169 e. The molecule has 0 aliphatic rings. The minimum atomic E-state index is -0.0102. The predicted octanol–water partition coefficient (Wildman–Crippen LogP) is 0.885. The molecule has 25 heavy (non-hydrogen) atoms. The molecule has 0 aliphatic heterocycles. The molecular weight excluding hydrogens is 340 g/mol. The standard InChI is InChI=1S/C15H20N8OS/c16-4-9(6-20-1-2-24)12-8-21-14(19)15(23-12)22-7-10-3-11(18)13(5-17)25-10/h3-6,8,16-17,20,24H,1-2,7,18H2,(H2,19,21)(H,22,23)/b9-6+,16-4?,17-5?. The molecule has 0 spiro atoms. The maximum atomic E-state index is 8.79. The Bertz CT molecular complexity index is 786. The lowest BCUT2D eigenvalue weighted by molar-refractivity contribution is 0.298. The van der Waals surface area contributed by atoms with Gasteiger partial charge in [0.05, 0.1) is 35.6 Å². The summed E-state index contributed by atoms with van der Waals surface area (Å²) in [5.74, 6) is 0.643. The van der Waals surface area contributed by atoms with E-state index < -0.39 is 0 Å². The van der Waals surface area contributed by atoms with Gasteiger partial charge >= 0.3 is 0 Å². The molecule has 2 aromatic rings. The number of anilines is 3. The summed E-state index contributed by atoms with van der Waals surface area (Å²) in [5, 5.41) is 29.5. The van der Waals surface area contributed by atoms with Crippen molar-refractivity contribution in [3.8, 4) is 0 Å². The van der Waals surface area contributed by atoms with Gasteiger partial charge in [-0.15, -0.1) is 11.3 Å². The average Bonchev–Trinajstić information content (AvgIpc) is 2.98. The SMILES string of the molecule is N=C/C(=C\NCCO)c1cnc(N)c(NCc2cc(N)c(C=N)s2)n1. The van der Waals surface area contributed by atoms with E-state index in [0.29, 0.717) is 40.7 Å². The van der Waals surface area contributed by atoms with Crippen molar-refractivity contribution in [3.05, 3.63) is 33.9 Å². The maximum absolute atomic E-state index is 8.79. The van der Waals surface area contributed by atoms with Crippen LogP contribution < -0.4 is 22.1 Å². The van der Waals surface area contributed by atoms with Gasteiger partial charge in [0.1, 0.15) is 0 Å². The minimum Gasteiger partial charge on any atom is -0.398 e. The largest absolute Gasteiger partial charge is 0.398 e. The molecule has 9 nitrogen and oxygen atoms in total. The first-order valence-electron chi connectivity index (χ1n) is 7.39. The number of nitrogen functional groups attached to an aromatic ring is 2. The molecule has 132 valence electrons. The Morgan fingerprint density at radius 1 is 1.36 bits per heavy atom. The molecule has 0 aromatic carbocycles. The second kappa shape index (κ2) is 8.76. The van der Waals surface area contributed by atoms with Crippen LogP contribution in [0.5, 0.6) is 0 Å². The molecule has 0 amide bonds. The first-order valence-corrected chi connectivity index (χ1v) is 8.21. The Labute approximate surface area is 148 Å². The molecule has 9 N–H and O–H groups in total. The van der Waals surface area contributed by atoms with Crippen LogP contribution in [-0.2, 0) is 6.54 Å². The number of nitrogens with zero attached hydrogens (tertiary/aromatic N) is 2. The van der Waals surface area contributed by atoms with E-state index in [1.54, 1.807) is 12.3 Å². The number of allylic oxidation sites excluding steroid dienone is 1. The van der Waals surface area contributed by atoms with Crippen molar-refractivity contribution in [1.82, 2.24) is 15.3 Å². The van der Waals surface area contributed by atoms with Gasteiger partial charge in [0.15, 0.2) is 11.6 Å². The fourth-order valence-corrected chi connectivity index (χ4v) is 2.80. The lowest BCUT2D eigenvalue weighted by Crippen LogP contribution is -2.12. The van der Waals surface area contributed by atoms with Crippen molar-refractivity contribution < 1.29 is 5.11 Å². The van der Waals surface area contributed by atoms with Crippen LogP contribution in [0.2, 0.25) is 0 Å². The Kier molecular flexibility index (Phi) is 6.43. The number of rotatable bonds is 9. The number of hydrogen-bond donors (Lipinski definition) is 7. The lowest BCUT2D eigenvalue weighted by atomic mass is 10.2. The zero-order valence-corrected chi connectivity index (χ0v) is 14.2. The molecule has 0 atom stereocenters. The second-order valence-corrected chi connectivity index (χ2v) is 6.11. The van der Waals surface area contributed by atoms with Crippen LogP contribution in [-0.4, -0.2) is 40.7 Å². The van der Waals surface area contributed by atoms with Gasteiger partial charge < -0.3 is 38.0 Å². The fraction of sp³-hybridized carbons (Fsp3) is 0.200. The molecular formula is C15H20N8OS. The molecule has 0 fully saturated rings. The number of aliphatic hydroxyl groups excluding tert-OH is 1. The van der Waals surface area contributed by atoms with Gasteiger partial charge in [-0.2, -0.15) is 0 Å². The quantitative estimate of drug-likeness (QED) is 0.257. The highest BCUT2D eigenvalue weighted by Gasteiger charge is 2.09. The third kappa shape index (κ3) is 4.75. The Balaban J connectivity index is 2.16. The number of nitrogens with one attached hydrogen (secondary N) is 4. The van der Waals surface area contributed by atoms with Crippen molar-refractivity contribution >= 4 is 46.7 Å². The van der Waals surface area contributed by atoms with Gasteiger partial charge in [0.2, 0.25) is 0 Å². The van der Waals surface area contributed by atoms with E-state index in [-0.39, 0.29) is 12.4 Å². The topological polar surface area (TPSA) is 170 Å². The first-order chi connectivity index (χ1) is 12.1. The third-order valence-electron chi connectivity index (χ3n) is 3.17. The Morgan fingerprint density at radius 3 is 2.80 bits per heavy atom. The van der Waals surface area contributed by atoms with Crippen LogP contribution in [0.1, 0.15) is 15.4 Å². The highest BCUT2D eigenvalue weighted by Crippen LogP contribution is 2.24. The van der Waals surface area contributed by atoms with Gasteiger partial charge in [-0.3, -0.25) is 0 Å². The minimum absolute atomic E-state index is 0.0102. The van der Waals surface area contributed by atoms with E-state index in [2.05, 4.69) is 20.6 Å². The van der Waals surface area contributed by atoms with E-state index in [0.717, 1.165) is 11.1 Å². The van der Waals surface area contributed by atoms with Gasteiger partial charge in [-0.1, -0.05) is 0 Å². The number of thiophene rings is 1. The summed E-state index contributed by atoms with van der Waals surface area (Å²) in [6.07, 6.45) is 5.43. The second-order valence-electron chi connectivity index (χ2n) is 4.94. The molecule has 2 heterocycles. The third-order valence-corrected chi connectivity index (χ3v) is 4.27. The summed E-state index contributed by atoms with van der Waals surface area (Å²) < 4.78 is 0. The van der Waals surface area contributed by atoms with Crippen LogP contribution in [0, 0.1) is 10.8 Å². The molecule has 0 saturated heterocycles. The zero-order valence-electron chi connectivity index (χ0n) is 13.4. The van der Waals surface area contributed by atoms with Crippen LogP contribution >= 0.6 is 11.3 Å². The summed E-state index contributed by atoms with van der Waals surface area (Å²) >= 11 is 1.41. The molecule has 10 heteroatoms. The first kappa shape index (κ1) is 18.4. The van der Waals surface area contributed by atoms with Crippen molar-refractivity contribution in [3.63, 3.8) is 0 Å². The van der Waals surface area contributed by atoms with Gasteiger partial charge in [-0.25, -0.2) is 9.97 Å². The van der Waals surface area contributed by atoms with Crippen LogP contribution in [0.15, 0.2) is 18.5 Å². The molecule has 0 unspecified atom stereocenters. The van der Waals surface area contributed by atoms with Gasteiger partial charge in [0, 0.05) is 35.6 Å². The monoisotopic (exact) mass is 360 g/mol. The van der Waals surface area contributed by atoms with Gasteiger partial charge in [-0.05, 0) is 6.07 Å². The molecule has 0 aliphatic carbocycles. The predicted molar refractivity (Wildman–Crippen MR) is 102 cm³/mol. The maximum Gasteiger partial charge on any atom is 0.169 e. The summed E-state index contributed by atoms with van der Waals surface area (Å²) in [6, 6.07) is 1.80. The normalized spacial score (nSPS) is 11.2. The van der Waals surface area contributed by atoms with Crippen LogP contribution in [0.4, 0.5) is 17.3 Å². The number of aliphatic hydroxyl groups is 1. The van der Waals surface area contributed by atoms with Crippen molar-refractivity contribution in [2.75, 3.05) is 29.9 Å². The fourth-order valence-electron chi connectivity index (χ4n) is 1.95. The summed E-state index contributed by atoms with van der Waals surface area (Å²) in [5.41, 5.74) is 13.2. The zero-order chi connectivity index (χ0) is 18.2. The van der Waals surface area contributed by atoms with Crippen LogP contribution in [0.3, 0.4) is 0 Å². The summed E-state index contributed by atoms with van der Waals surface area (Å²) in [6.45, 7) is 0.807. The lowest BCUT2D eigenvalue weighted by Gasteiger charge is -2.09. The average molecular weight is 360 g/mol. The molecule has 0 radical (unpaired) electrons. The Morgan fingerprint density at radius 2 is 2.16 bits per heavy atom. The number of nitrogens with two attached hydrogens (primary N) is 2. The molecule has 0 bridgehead atoms. The highest BCUT2D eigenvalue weighted by molar-refractivity contribution is 7.14. The van der Waals surface area contributed by atoms with Crippen LogP contribution in [0.25, 0.3) is 5.57 Å². The molecule has 2 rings (SSSR count). The van der Waals surface area contributed by atoms with E-state index in [9.17, 15) is 0 Å². The van der Waals surface area contributed by atoms with E-state index in [4.69, 9.17) is 27.4 Å².